The Morgan fingerprint density at radius 1 is 1.22 bits per heavy atom. The van der Waals surface area contributed by atoms with Crippen LogP contribution in [0.3, 0.4) is 0 Å². The lowest BCUT2D eigenvalue weighted by molar-refractivity contribution is 0.121. The zero-order valence-corrected chi connectivity index (χ0v) is 20.9. The fourth-order valence-corrected chi connectivity index (χ4v) is 5.03. The number of anilines is 1. The Labute approximate surface area is 215 Å². The number of carbonyl (C=O) groups excluding carboxylic acids is 1. The van der Waals surface area contributed by atoms with Gasteiger partial charge in [0.15, 0.2) is 11.6 Å². The quantitative estimate of drug-likeness (QED) is 0.322. The molecule has 0 atom stereocenters. The second-order valence-electron chi connectivity index (χ2n) is 8.01. The minimum absolute atomic E-state index is 0.285. The van der Waals surface area contributed by atoms with Crippen molar-refractivity contribution >= 4 is 34.9 Å². The van der Waals surface area contributed by atoms with Gasteiger partial charge < -0.3 is 19.1 Å². The van der Waals surface area contributed by atoms with Gasteiger partial charge in [-0.2, -0.15) is 0 Å². The Balaban J connectivity index is 1.16. The van der Waals surface area contributed by atoms with Crippen molar-refractivity contribution in [2.24, 2.45) is 0 Å². The fraction of sp³-hybridized carbons (Fsp3) is 0.304. The topological polar surface area (TPSA) is 117 Å². The van der Waals surface area contributed by atoms with Crippen LogP contribution in [0.25, 0.3) is 5.69 Å². The molecule has 0 N–H and O–H groups in total. The van der Waals surface area contributed by atoms with Crippen LogP contribution in [0.1, 0.15) is 29.5 Å². The molecule has 0 radical (unpaired) electrons. The Kier molecular flexibility index (Phi) is 7.23. The average Bonchev–Trinajstić information content (AvgIpc) is 3.61. The number of nitrogens with zero attached hydrogens (tertiary/aromatic N) is 7. The molecular formula is C23H22ClN7O4S. The maximum absolute atomic E-state index is 11.6. The number of aromatic nitrogens is 6. The maximum atomic E-state index is 11.6. The summed E-state index contributed by atoms with van der Waals surface area (Å²) in [5, 5.41) is 14.7. The van der Waals surface area contributed by atoms with E-state index in [1.54, 1.807) is 28.3 Å². The molecule has 4 aromatic rings. The summed E-state index contributed by atoms with van der Waals surface area (Å²) in [5.74, 6) is 1.94. The highest BCUT2D eigenvalue weighted by Crippen LogP contribution is 2.36. The summed E-state index contributed by atoms with van der Waals surface area (Å²) in [6.07, 6.45) is 4.07. The monoisotopic (exact) mass is 527 g/mol. The lowest BCUT2D eigenvalue weighted by Gasteiger charge is -2.32. The predicted molar refractivity (Wildman–Crippen MR) is 132 cm³/mol. The van der Waals surface area contributed by atoms with Gasteiger partial charge in [0.2, 0.25) is 0 Å². The summed E-state index contributed by atoms with van der Waals surface area (Å²) in [6.45, 7) is 1.88. The largest absolute Gasteiger partial charge is 0.513 e. The van der Waals surface area contributed by atoms with Gasteiger partial charge >= 0.3 is 6.16 Å². The van der Waals surface area contributed by atoms with Gasteiger partial charge in [-0.15, -0.1) is 16.4 Å². The normalized spacial score (nSPS) is 14.0. The minimum atomic E-state index is -0.809. The highest BCUT2D eigenvalue weighted by molar-refractivity contribution is 7.09. The van der Waals surface area contributed by atoms with Crippen LogP contribution in [-0.2, 0) is 11.3 Å². The molecule has 1 aliphatic rings. The number of methoxy groups -OCH3 is 1. The van der Waals surface area contributed by atoms with Gasteiger partial charge in [-0.1, -0.05) is 11.6 Å². The number of hydrogen-bond acceptors (Lipinski definition) is 11. The Morgan fingerprint density at radius 2 is 2.03 bits per heavy atom. The lowest BCUT2D eigenvalue weighted by Crippen LogP contribution is -2.34. The number of pyridine rings is 1. The van der Waals surface area contributed by atoms with Gasteiger partial charge in [0, 0.05) is 36.7 Å². The van der Waals surface area contributed by atoms with Crippen LogP contribution in [0.15, 0.2) is 48.2 Å². The molecule has 4 heterocycles. The van der Waals surface area contributed by atoms with Crippen molar-refractivity contribution in [2.75, 3.05) is 25.1 Å². The number of thiazole rings is 1. The van der Waals surface area contributed by atoms with Gasteiger partial charge in [-0.3, -0.25) is 0 Å². The molecule has 13 heteroatoms. The number of rotatable bonds is 7. The van der Waals surface area contributed by atoms with Gasteiger partial charge in [-0.25, -0.2) is 19.4 Å². The molecule has 0 bridgehead atoms. The second-order valence-corrected chi connectivity index (χ2v) is 9.33. The summed E-state index contributed by atoms with van der Waals surface area (Å²) in [4.78, 5) is 22.9. The van der Waals surface area contributed by atoms with E-state index in [1.807, 2.05) is 29.6 Å². The standard InChI is InChI=1S/C23H22ClN7O4S/c1-33-23(32)35-20-10-16(24)11-25-21(20)30-8-6-15(7-9-30)22-27-17(13-36-22)12-34-19-4-2-18(3-5-19)31-14-26-28-29-31/h2-5,10-11,13-15H,6-9,12H2,1H3. The zero-order valence-electron chi connectivity index (χ0n) is 19.3. The number of hydrogen-bond donors (Lipinski definition) is 0. The molecule has 0 amide bonds. The van der Waals surface area contributed by atoms with E-state index in [1.165, 1.54) is 13.4 Å². The molecular weight excluding hydrogens is 506 g/mol. The van der Waals surface area contributed by atoms with Gasteiger partial charge in [0.05, 0.1) is 28.5 Å². The summed E-state index contributed by atoms with van der Waals surface area (Å²) in [6, 6.07) is 9.11. The SMILES string of the molecule is COC(=O)Oc1cc(Cl)cnc1N1CCC(c2nc(COc3ccc(-n4cnnn4)cc3)cs2)CC1. The molecule has 0 saturated carbocycles. The average molecular weight is 528 g/mol. The summed E-state index contributed by atoms with van der Waals surface area (Å²) in [7, 11) is 1.26. The van der Waals surface area contributed by atoms with Gasteiger partial charge in [-0.05, 0) is 47.5 Å². The Hall–Kier alpha value is -3.77. The summed E-state index contributed by atoms with van der Waals surface area (Å²) < 4.78 is 17.3. The van der Waals surface area contributed by atoms with Crippen molar-refractivity contribution in [1.29, 1.82) is 0 Å². The highest BCUT2D eigenvalue weighted by Gasteiger charge is 2.26. The molecule has 36 heavy (non-hydrogen) atoms. The number of halogens is 1. The van der Waals surface area contributed by atoms with E-state index >= 15 is 0 Å². The second kappa shape index (κ2) is 10.9. The van der Waals surface area contributed by atoms with Crippen molar-refractivity contribution in [3.63, 3.8) is 0 Å². The van der Waals surface area contributed by atoms with E-state index in [0.29, 0.717) is 23.4 Å². The van der Waals surface area contributed by atoms with Crippen molar-refractivity contribution in [1.82, 2.24) is 30.2 Å². The van der Waals surface area contributed by atoms with Crippen LogP contribution in [0.2, 0.25) is 5.02 Å². The van der Waals surface area contributed by atoms with E-state index in [9.17, 15) is 4.79 Å². The molecule has 0 aliphatic carbocycles. The molecule has 0 unspecified atom stereocenters. The smallest absolute Gasteiger partial charge is 0.487 e. The number of ether oxygens (including phenoxy) is 3. The number of tetrazole rings is 1. The van der Waals surface area contributed by atoms with E-state index in [0.717, 1.165) is 48.1 Å². The summed E-state index contributed by atoms with van der Waals surface area (Å²) in [5.41, 5.74) is 1.75. The van der Waals surface area contributed by atoms with Crippen LogP contribution >= 0.6 is 22.9 Å². The first kappa shape index (κ1) is 23.9. The van der Waals surface area contributed by atoms with E-state index in [2.05, 4.69) is 30.1 Å². The number of carbonyl (C=O) groups is 1. The van der Waals surface area contributed by atoms with E-state index in [4.69, 9.17) is 26.1 Å². The molecule has 3 aromatic heterocycles. The van der Waals surface area contributed by atoms with Crippen LogP contribution < -0.4 is 14.4 Å². The fourth-order valence-electron chi connectivity index (χ4n) is 3.90. The molecule has 1 fully saturated rings. The third-order valence-electron chi connectivity index (χ3n) is 5.71. The number of piperidine rings is 1. The predicted octanol–water partition coefficient (Wildman–Crippen LogP) is 4.28. The number of benzene rings is 1. The van der Waals surface area contributed by atoms with Crippen LogP contribution in [0, 0.1) is 0 Å². The van der Waals surface area contributed by atoms with Crippen LogP contribution in [-0.4, -0.2) is 56.5 Å². The molecule has 1 aromatic carbocycles. The lowest BCUT2D eigenvalue weighted by atomic mass is 9.97. The molecule has 0 spiro atoms. The van der Waals surface area contributed by atoms with Crippen LogP contribution in [0.4, 0.5) is 10.6 Å². The van der Waals surface area contributed by atoms with Crippen molar-refractivity contribution in [3.05, 3.63) is 64.0 Å². The zero-order chi connectivity index (χ0) is 24.9. The van der Waals surface area contributed by atoms with Crippen LogP contribution in [0.5, 0.6) is 11.5 Å². The van der Waals surface area contributed by atoms with Crippen molar-refractivity contribution in [2.45, 2.75) is 25.4 Å². The molecule has 186 valence electrons. The molecule has 11 nitrogen and oxygen atoms in total. The Bertz CT molecular complexity index is 1310. The highest BCUT2D eigenvalue weighted by atomic mass is 35.5. The minimum Gasteiger partial charge on any atom is -0.487 e. The van der Waals surface area contributed by atoms with E-state index < -0.39 is 6.16 Å². The van der Waals surface area contributed by atoms with Crippen molar-refractivity contribution in [3.8, 4) is 17.2 Å². The van der Waals surface area contributed by atoms with Gasteiger partial charge in [0.1, 0.15) is 18.7 Å². The third-order valence-corrected chi connectivity index (χ3v) is 6.97. The maximum Gasteiger partial charge on any atom is 0.513 e. The summed E-state index contributed by atoms with van der Waals surface area (Å²) >= 11 is 7.69. The first-order valence-corrected chi connectivity index (χ1v) is 12.4. The van der Waals surface area contributed by atoms with Gasteiger partial charge in [0.25, 0.3) is 0 Å². The Morgan fingerprint density at radius 3 is 2.75 bits per heavy atom. The molecule has 5 rings (SSSR count). The third kappa shape index (κ3) is 5.55. The first-order valence-electron chi connectivity index (χ1n) is 11.2. The van der Waals surface area contributed by atoms with E-state index in [-0.39, 0.29) is 5.75 Å². The molecule has 1 aliphatic heterocycles. The first-order chi connectivity index (χ1) is 17.6. The van der Waals surface area contributed by atoms with Crippen molar-refractivity contribution < 1.29 is 19.0 Å². The molecule has 1 saturated heterocycles.